The van der Waals surface area contributed by atoms with Gasteiger partial charge in [-0.05, 0) is 12.1 Å². The average Bonchev–Trinajstić information content (AvgIpc) is 3.38. The highest BCUT2D eigenvalue weighted by Gasteiger charge is 2.17. The zero-order chi connectivity index (χ0) is 20.2. The number of hydrogen-bond donors (Lipinski definition) is 1. The topological polar surface area (TPSA) is 120 Å². The second kappa shape index (κ2) is 8.27. The van der Waals surface area contributed by atoms with Crippen molar-refractivity contribution in [2.75, 3.05) is 37.8 Å². The molecule has 0 unspecified atom stereocenters. The van der Waals surface area contributed by atoms with Gasteiger partial charge in [0.15, 0.2) is 11.5 Å². The summed E-state index contributed by atoms with van der Waals surface area (Å²) >= 11 is 0. The van der Waals surface area contributed by atoms with Crippen LogP contribution in [0.15, 0.2) is 30.6 Å². The normalized spacial score (nSPS) is 14.2. The van der Waals surface area contributed by atoms with E-state index in [0.717, 1.165) is 5.69 Å². The molecule has 0 radical (unpaired) electrons. The van der Waals surface area contributed by atoms with Crippen LogP contribution in [0.5, 0.6) is 6.01 Å². The van der Waals surface area contributed by atoms with Crippen LogP contribution in [0, 0.1) is 0 Å². The van der Waals surface area contributed by atoms with Gasteiger partial charge in [-0.1, -0.05) is 0 Å². The van der Waals surface area contributed by atoms with E-state index in [0.29, 0.717) is 51.0 Å². The van der Waals surface area contributed by atoms with Crippen molar-refractivity contribution < 1.29 is 19.4 Å². The van der Waals surface area contributed by atoms with Gasteiger partial charge in [0.05, 0.1) is 25.5 Å². The quantitative estimate of drug-likeness (QED) is 0.607. The molecule has 0 atom stereocenters. The standard InChI is InChI=1S/C18H21N7O4/c1-23-5-2-13(21-23)4-9-29-18-19-15(24-7-10-28-11-8-24)12-16(20-18)25-6-3-14(22-25)17(26)27/h2-3,5-6,12H,4,7-11H2,1H3,(H,26,27). The molecule has 0 saturated carbocycles. The van der Waals surface area contributed by atoms with Crippen LogP contribution in [0.4, 0.5) is 5.82 Å². The summed E-state index contributed by atoms with van der Waals surface area (Å²) < 4.78 is 14.3. The monoisotopic (exact) mass is 399 g/mol. The second-order valence-corrected chi connectivity index (χ2v) is 6.50. The number of carboxylic acid groups (broad SMARTS) is 1. The Hall–Kier alpha value is -3.47. The molecule has 1 fully saturated rings. The number of morpholine rings is 1. The molecule has 0 spiro atoms. The van der Waals surface area contributed by atoms with E-state index in [1.165, 1.54) is 10.7 Å². The Morgan fingerprint density at radius 1 is 1.17 bits per heavy atom. The Labute approximate surface area is 166 Å². The van der Waals surface area contributed by atoms with Gasteiger partial charge in [-0.15, -0.1) is 0 Å². The molecule has 1 aliphatic rings. The maximum absolute atomic E-state index is 11.1. The summed E-state index contributed by atoms with van der Waals surface area (Å²) in [6, 6.07) is 5.31. The van der Waals surface area contributed by atoms with Gasteiger partial charge in [-0.25, -0.2) is 9.48 Å². The number of ether oxygens (including phenoxy) is 2. The van der Waals surface area contributed by atoms with Gasteiger partial charge in [-0.2, -0.15) is 20.2 Å². The molecule has 4 rings (SSSR count). The van der Waals surface area contributed by atoms with Gasteiger partial charge in [-0.3, -0.25) is 4.68 Å². The maximum atomic E-state index is 11.1. The minimum absolute atomic E-state index is 0.0610. The average molecular weight is 399 g/mol. The summed E-state index contributed by atoms with van der Waals surface area (Å²) in [6.07, 6.45) is 4.04. The molecule has 3 aromatic rings. The highest BCUT2D eigenvalue weighted by molar-refractivity contribution is 5.85. The first-order valence-corrected chi connectivity index (χ1v) is 9.21. The molecule has 29 heavy (non-hydrogen) atoms. The molecule has 0 aromatic carbocycles. The van der Waals surface area contributed by atoms with Crippen molar-refractivity contribution in [1.82, 2.24) is 29.5 Å². The van der Waals surface area contributed by atoms with Crippen LogP contribution in [-0.2, 0) is 18.2 Å². The van der Waals surface area contributed by atoms with Crippen LogP contribution >= 0.6 is 0 Å². The van der Waals surface area contributed by atoms with Crippen LogP contribution in [0.25, 0.3) is 5.82 Å². The van der Waals surface area contributed by atoms with Crippen molar-refractivity contribution in [3.05, 3.63) is 42.0 Å². The lowest BCUT2D eigenvalue weighted by Gasteiger charge is -2.28. The van der Waals surface area contributed by atoms with Gasteiger partial charge >= 0.3 is 12.0 Å². The largest absolute Gasteiger partial charge is 0.476 e. The third-order valence-corrected chi connectivity index (χ3v) is 4.41. The minimum Gasteiger partial charge on any atom is -0.476 e. The predicted octanol–water partition coefficient (Wildman–Crippen LogP) is 0.552. The Balaban J connectivity index is 1.57. The van der Waals surface area contributed by atoms with E-state index in [2.05, 4.69) is 25.1 Å². The first-order valence-electron chi connectivity index (χ1n) is 9.21. The van der Waals surface area contributed by atoms with Gasteiger partial charge in [0.25, 0.3) is 0 Å². The van der Waals surface area contributed by atoms with E-state index >= 15 is 0 Å². The lowest BCUT2D eigenvalue weighted by Crippen LogP contribution is -2.37. The van der Waals surface area contributed by atoms with E-state index in [4.69, 9.17) is 14.6 Å². The predicted molar refractivity (Wildman–Crippen MR) is 102 cm³/mol. The number of aromatic nitrogens is 6. The molecule has 11 nitrogen and oxygen atoms in total. The molecular weight excluding hydrogens is 378 g/mol. The van der Waals surface area contributed by atoms with Crippen molar-refractivity contribution in [3.8, 4) is 11.8 Å². The van der Waals surface area contributed by atoms with Crippen molar-refractivity contribution in [2.24, 2.45) is 7.05 Å². The van der Waals surface area contributed by atoms with Crippen LogP contribution < -0.4 is 9.64 Å². The first kappa shape index (κ1) is 18.9. The number of carbonyl (C=O) groups is 1. The third kappa shape index (κ3) is 4.51. The van der Waals surface area contributed by atoms with Crippen LogP contribution in [0.3, 0.4) is 0 Å². The number of hydrogen-bond acceptors (Lipinski definition) is 8. The third-order valence-electron chi connectivity index (χ3n) is 4.41. The SMILES string of the molecule is Cn1ccc(CCOc2nc(N3CCOCC3)cc(-n3ccc(C(=O)O)n3)n2)n1. The zero-order valence-electron chi connectivity index (χ0n) is 15.9. The number of aryl methyl sites for hydroxylation is 1. The van der Waals surface area contributed by atoms with Crippen LogP contribution in [0.1, 0.15) is 16.2 Å². The fourth-order valence-corrected chi connectivity index (χ4v) is 2.95. The first-order chi connectivity index (χ1) is 14.1. The lowest BCUT2D eigenvalue weighted by molar-refractivity contribution is 0.0690. The molecule has 4 heterocycles. The molecule has 152 valence electrons. The Kier molecular flexibility index (Phi) is 5.38. The number of aromatic carboxylic acids is 1. The summed E-state index contributed by atoms with van der Waals surface area (Å²) in [5.74, 6) is 0.0124. The van der Waals surface area contributed by atoms with E-state index in [1.807, 2.05) is 19.3 Å². The fraction of sp³-hybridized carbons (Fsp3) is 0.389. The highest BCUT2D eigenvalue weighted by Crippen LogP contribution is 2.20. The molecule has 0 bridgehead atoms. The Bertz CT molecular complexity index is 994. The van der Waals surface area contributed by atoms with E-state index in [-0.39, 0.29) is 11.7 Å². The molecular formula is C18H21N7O4. The van der Waals surface area contributed by atoms with Crippen LogP contribution in [0.2, 0.25) is 0 Å². The van der Waals surface area contributed by atoms with Crippen molar-refractivity contribution in [2.45, 2.75) is 6.42 Å². The van der Waals surface area contributed by atoms with E-state index < -0.39 is 5.97 Å². The number of nitrogens with zero attached hydrogens (tertiary/aromatic N) is 7. The second-order valence-electron chi connectivity index (χ2n) is 6.50. The van der Waals surface area contributed by atoms with E-state index in [9.17, 15) is 4.79 Å². The Morgan fingerprint density at radius 3 is 2.66 bits per heavy atom. The summed E-state index contributed by atoms with van der Waals surface area (Å²) in [5.41, 5.74) is 0.851. The molecule has 11 heteroatoms. The zero-order valence-corrected chi connectivity index (χ0v) is 15.9. The number of carboxylic acids is 1. The van der Waals surface area contributed by atoms with Crippen molar-refractivity contribution in [3.63, 3.8) is 0 Å². The van der Waals surface area contributed by atoms with Gasteiger partial charge < -0.3 is 19.5 Å². The fourth-order valence-electron chi connectivity index (χ4n) is 2.95. The molecule has 1 saturated heterocycles. The smallest absolute Gasteiger partial charge is 0.356 e. The number of rotatable bonds is 7. The minimum atomic E-state index is -1.10. The molecule has 1 aliphatic heterocycles. The summed E-state index contributed by atoms with van der Waals surface area (Å²) in [6.45, 7) is 2.98. The highest BCUT2D eigenvalue weighted by atomic mass is 16.5. The van der Waals surface area contributed by atoms with Gasteiger partial charge in [0, 0.05) is 45.0 Å². The lowest BCUT2D eigenvalue weighted by atomic mass is 10.3. The summed E-state index contributed by atoms with van der Waals surface area (Å²) in [5, 5.41) is 17.5. The molecule has 3 aromatic heterocycles. The molecule has 0 aliphatic carbocycles. The summed E-state index contributed by atoms with van der Waals surface area (Å²) in [7, 11) is 1.86. The van der Waals surface area contributed by atoms with Crippen LogP contribution in [-0.4, -0.2) is 73.5 Å². The van der Waals surface area contributed by atoms with E-state index in [1.54, 1.807) is 16.9 Å². The van der Waals surface area contributed by atoms with Crippen molar-refractivity contribution >= 4 is 11.8 Å². The van der Waals surface area contributed by atoms with Crippen molar-refractivity contribution in [1.29, 1.82) is 0 Å². The number of anilines is 1. The Morgan fingerprint density at radius 2 is 1.97 bits per heavy atom. The summed E-state index contributed by atoms with van der Waals surface area (Å²) in [4.78, 5) is 22.1. The van der Waals surface area contributed by atoms with Gasteiger partial charge in [0.1, 0.15) is 5.82 Å². The maximum Gasteiger partial charge on any atom is 0.356 e. The molecule has 1 N–H and O–H groups in total. The van der Waals surface area contributed by atoms with Gasteiger partial charge in [0.2, 0.25) is 0 Å². The molecule has 0 amide bonds.